The van der Waals surface area contributed by atoms with Gasteiger partial charge in [0.05, 0.1) is 11.8 Å². The van der Waals surface area contributed by atoms with Crippen LogP contribution in [0.25, 0.3) is 0 Å². The second-order valence-corrected chi connectivity index (χ2v) is 6.29. The quantitative estimate of drug-likeness (QED) is 0.752. The van der Waals surface area contributed by atoms with Crippen molar-refractivity contribution in [3.8, 4) is 0 Å². The van der Waals surface area contributed by atoms with Gasteiger partial charge in [0.2, 0.25) is 17.7 Å². The first-order valence-corrected chi connectivity index (χ1v) is 8.28. The summed E-state index contributed by atoms with van der Waals surface area (Å²) in [5.74, 6) is -4.19. The molecule has 140 valence electrons. The van der Waals surface area contributed by atoms with Crippen LogP contribution in [0.1, 0.15) is 13.3 Å². The molecule has 1 aliphatic rings. The van der Waals surface area contributed by atoms with Gasteiger partial charge in [0.1, 0.15) is 17.3 Å². The summed E-state index contributed by atoms with van der Waals surface area (Å²) in [5.41, 5.74) is 0.481. The fourth-order valence-electron chi connectivity index (χ4n) is 2.72. The number of para-hydroxylation sites is 1. The molecule has 1 fully saturated rings. The van der Waals surface area contributed by atoms with Crippen LogP contribution in [0.5, 0.6) is 0 Å². The van der Waals surface area contributed by atoms with Crippen LogP contribution in [0.4, 0.5) is 25.8 Å². The molecule has 0 bridgehead atoms. The Morgan fingerprint density at radius 2 is 1.37 bits per heavy atom. The first kappa shape index (κ1) is 18.5. The van der Waals surface area contributed by atoms with Gasteiger partial charge in [0.15, 0.2) is 0 Å². The first-order valence-electron chi connectivity index (χ1n) is 8.28. The number of rotatable bonds is 5. The standard InChI is InChI=1S/C19H17F2N3O3/c1-10(25)22-11-4-2-5-12(8-11)23-18(26)13-9-14(13)19(27)24-17-15(20)6-3-7-16(17)21/h2-8,13-14H,9H2,1H3,(H,22,25)(H,23,26)(H,24,27). The predicted molar refractivity (Wildman–Crippen MR) is 96.0 cm³/mol. The molecule has 2 atom stereocenters. The second-order valence-electron chi connectivity index (χ2n) is 6.29. The minimum absolute atomic E-state index is 0.238. The van der Waals surface area contributed by atoms with Crippen LogP contribution in [0.15, 0.2) is 42.5 Å². The van der Waals surface area contributed by atoms with Crippen molar-refractivity contribution in [1.82, 2.24) is 0 Å². The number of halogens is 2. The van der Waals surface area contributed by atoms with E-state index in [2.05, 4.69) is 16.0 Å². The number of carbonyl (C=O) groups is 3. The molecule has 1 aliphatic carbocycles. The Kier molecular flexibility index (Phi) is 5.16. The zero-order chi connectivity index (χ0) is 19.6. The van der Waals surface area contributed by atoms with Gasteiger partial charge in [-0.2, -0.15) is 0 Å². The summed E-state index contributed by atoms with van der Waals surface area (Å²) in [7, 11) is 0. The minimum Gasteiger partial charge on any atom is -0.326 e. The fourth-order valence-corrected chi connectivity index (χ4v) is 2.72. The summed E-state index contributed by atoms with van der Waals surface area (Å²) < 4.78 is 27.2. The second kappa shape index (κ2) is 7.53. The van der Waals surface area contributed by atoms with Crippen LogP contribution >= 0.6 is 0 Å². The molecule has 2 aromatic carbocycles. The maximum Gasteiger partial charge on any atom is 0.228 e. The predicted octanol–water partition coefficient (Wildman–Crippen LogP) is 3.14. The van der Waals surface area contributed by atoms with Gasteiger partial charge in [-0.3, -0.25) is 14.4 Å². The van der Waals surface area contributed by atoms with Gasteiger partial charge in [0.25, 0.3) is 0 Å². The molecule has 3 rings (SSSR count). The summed E-state index contributed by atoms with van der Waals surface area (Å²) in [6, 6.07) is 9.85. The van der Waals surface area contributed by atoms with Crippen LogP contribution in [0.2, 0.25) is 0 Å². The van der Waals surface area contributed by atoms with Crippen molar-refractivity contribution in [3.05, 3.63) is 54.1 Å². The summed E-state index contributed by atoms with van der Waals surface area (Å²) in [6.07, 6.45) is 0.291. The maximum absolute atomic E-state index is 13.6. The van der Waals surface area contributed by atoms with Crippen molar-refractivity contribution in [1.29, 1.82) is 0 Å². The summed E-state index contributed by atoms with van der Waals surface area (Å²) >= 11 is 0. The van der Waals surface area contributed by atoms with E-state index < -0.39 is 35.1 Å². The molecule has 0 aromatic heterocycles. The molecular weight excluding hydrogens is 356 g/mol. The topological polar surface area (TPSA) is 87.3 Å². The third-order valence-electron chi connectivity index (χ3n) is 4.13. The number of hydrogen-bond donors (Lipinski definition) is 3. The Balaban J connectivity index is 1.59. The third kappa shape index (κ3) is 4.46. The molecule has 0 radical (unpaired) electrons. The van der Waals surface area contributed by atoms with E-state index in [9.17, 15) is 23.2 Å². The van der Waals surface area contributed by atoms with Gasteiger partial charge in [-0.05, 0) is 36.8 Å². The van der Waals surface area contributed by atoms with Crippen molar-refractivity contribution < 1.29 is 23.2 Å². The van der Waals surface area contributed by atoms with E-state index in [-0.39, 0.29) is 11.8 Å². The highest BCUT2D eigenvalue weighted by molar-refractivity contribution is 6.03. The van der Waals surface area contributed by atoms with Gasteiger partial charge >= 0.3 is 0 Å². The van der Waals surface area contributed by atoms with E-state index in [4.69, 9.17) is 0 Å². The minimum atomic E-state index is -0.875. The normalized spacial score (nSPS) is 17.7. The molecular formula is C19H17F2N3O3. The Hall–Kier alpha value is -3.29. The van der Waals surface area contributed by atoms with Crippen molar-refractivity contribution in [3.63, 3.8) is 0 Å². The van der Waals surface area contributed by atoms with Gasteiger partial charge in [-0.25, -0.2) is 8.78 Å². The number of benzene rings is 2. The van der Waals surface area contributed by atoms with Crippen LogP contribution in [-0.2, 0) is 14.4 Å². The molecule has 6 nitrogen and oxygen atoms in total. The van der Waals surface area contributed by atoms with Gasteiger partial charge in [0, 0.05) is 18.3 Å². The summed E-state index contributed by atoms with van der Waals surface area (Å²) in [5, 5.41) is 7.48. The molecule has 1 saturated carbocycles. The van der Waals surface area contributed by atoms with Crippen molar-refractivity contribution in [2.75, 3.05) is 16.0 Å². The number of carbonyl (C=O) groups excluding carboxylic acids is 3. The van der Waals surface area contributed by atoms with E-state index in [0.29, 0.717) is 17.8 Å². The average Bonchev–Trinajstić information content (AvgIpc) is 3.39. The Morgan fingerprint density at radius 3 is 1.96 bits per heavy atom. The zero-order valence-corrected chi connectivity index (χ0v) is 14.4. The lowest BCUT2D eigenvalue weighted by atomic mass is 10.2. The lowest BCUT2D eigenvalue weighted by Gasteiger charge is -2.09. The van der Waals surface area contributed by atoms with Crippen LogP contribution in [0, 0.1) is 23.5 Å². The smallest absolute Gasteiger partial charge is 0.228 e. The Bertz CT molecular complexity index is 897. The molecule has 2 unspecified atom stereocenters. The van der Waals surface area contributed by atoms with Crippen molar-refractivity contribution in [2.45, 2.75) is 13.3 Å². The average molecular weight is 373 g/mol. The van der Waals surface area contributed by atoms with Gasteiger partial charge in [-0.1, -0.05) is 12.1 Å². The van der Waals surface area contributed by atoms with Crippen molar-refractivity contribution >= 4 is 34.8 Å². The number of nitrogens with one attached hydrogen (secondary N) is 3. The summed E-state index contributed by atoms with van der Waals surface area (Å²) in [4.78, 5) is 35.5. The monoisotopic (exact) mass is 373 g/mol. The Morgan fingerprint density at radius 1 is 0.852 bits per heavy atom. The molecule has 0 saturated heterocycles. The number of amides is 3. The fraction of sp³-hybridized carbons (Fsp3) is 0.211. The highest BCUT2D eigenvalue weighted by atomic mass is 19.1. The van der Waals surface area contributed by atoms with Crippen LogP contribution in [0.3, 0.4) is 0 Å². The SMILES string of the molecule is CC(=O)Nc1cccc(NC(=O)C2CC2C(=O)Nc2c(F)cccc2F)c1. The van der Waals surface area contributed by atoms with E-state index in [1.165, 1.54) is 13.0 Å². The molecule has 0 aliphatic heterocycles. The van der Waals surface area contributed by atoms with E-state index in [1.54, 1.807) is 24.3 Å². The molecule has 3 N–H and O–H groups in total. The van der Waals surface area contributed by atoms with Gasteiger partial charge < -0.3 is 16.0 Å². The van der Waals surface area contributed by atoms with E-state index in [1.807, 2.05) is 0 Å². The molecule has 2 aromatic rings. The largest absolute Gasteiger partial charge is 0.326 e. The highest BCUT2D eigenvalue weighted by Gasteiger charge is 2.48. The van der Waals surface area contributed by atoms with Gasteiger partial charge in [-0.15, -0.1) is 0 Å². The molecule has 3 amide bonds. The highest BCUT2D eigenvalue weighted by Crippen LogP contribution is 2.40. The Labute approximate surface area is 154 Å². The van der Waals surface area contributed by atoms with E-state index in [0.717, 1.165) is 12.1 Å². The molecule has 0 spiro atoms. The third-order valence-corrected chi connectivity index (χ3v) is 4.13. The number of anilines is 3. The molecule has 0 heterocycles. The summed E-state index contributed by atoms with van der Waals surface area (Å²) in [6.45, 7) is 1.37. The molecule has 27 heavy (non-hydrogen) atoms. The lowest BCUT2D eigenvalue weighted by Crippen LogP contribution is -2.21. The lowest BCUT2D eigenvalue weighted by molar-refractivity contribution is -0.122. The zero-order valence-electron chi connectivity index (χ0n) is 14.4. The molecule has 8 heteroatoms. The maximum atomic E-state index is 13.6. The van der Waals surface area contributed by atoms with Crippen LogP contribution in [-0.4, -0.2) is 17.7 Å². The van der Waals surface area contributed by atoms with E-state index >= 15 is 0 Å². The van der Waals surface area contributed by atoms with Crippen molar-refractivity contribution in [2.24, 2.45) is 11.8 Å². The first-order chi connectivity index (χ1) is 12.8. The van der Waals surface area contributed by atoms with Crippen LogP contribution < -0.4 is 16.0 Å². The number of hydrogen-bond acceptors (Lipinski definition) is 3.